The van der Waals surface area contributed by atoms with Crippen molar-refractivity contribution < 1.29 is 14.1 Å². The lowest BCUT2D eigenvalue weighted by molar-refractivity contribution is -0.124. The van der Waals surface area contributed by atoms with Crippen molar-refractivity contribution in [2.24, 2.45) is 17.8 Å². The van der Waals surface area contributed by atoms with Crippen molar-refractivity contribution in [2.75, 3.05) is 13.2 Å². The average Bonchev–Trinajstić information content (AvgIpc) is 3.10. The van der Waals surface area contributed by atoms with E-state index in [2.05, 4.69) is 22.4 Å². The zero-order valence-corrected chi connectivity index (χ0v) is 16.4. The first-order valence-corrected chi connectivity index (χ1v) is 10.2. The number of carbonyl (C=O) groups excluding carboxylic acids is 1. The summed E-state index contributed by atoms with van der Waals surface area (Å²) in [5.41, 5.74) is 0. The van der Waals surface area contributed by atoms with Gasteiger partial charge in [0.25, 0.3) is 0 Å². The predicted octanol–water partition coefficient (Wildman–Crippen LogP) is 3.99. The molecule has 1 N–H and O–H groups in total. The fraction of sp³-hybridized carbons (Fsp3) is 0.850. The maximum atomic E-state index is 12.8. The lowest BCUT2D eigenvalue weighted by Gasteiger charge is -2.30. The van der Waals surface area contributed by atoms with Gasteiger partial charge in [-0.05, 0) is 43.4 Å². The SMILES string of the molecule is CC(C)c1noc([C@@H](NC(=O)C[C@@H]2CCC[C@@H](C)C2)C2CCOCC2)n1. The summed E-state index contributed by atoms with van der Waals surface area (Å²) in [6.07, 6.45) is 7.28. The Kier molecular flexibility index (Phi) is 6.68. The monoisotopic (exact) mass is 363 g/mol. The molecular weight excluding hydrogens is 330 g/mol. The van der Waals surface area contributed by atoms with Crippen LogP contribution in [0.1, 0.15) is 89.4 Å². The fourth-order valence-electron chi connectivity index (χ4n) is 4.28. The van der Waals surface area contributed by atoms with Gasteiger partial charge < -0.3 is 14.6 Å². The molecule has 1 amide bonds. The van der Waals surface area contributed by atoms with Crippen LogP contribution in [0.15, 0.2) is 4.52 Å². The van der Waals surface area contributed by atoms with Gasteiger partial charge in [0.1, 0.15) is 6.04 Å². The van der Waals surface area contributed by atoms with E-state index in [1.165, 1.54) is 12.8 Å². The zero-order valence-electron chi connectivity index (χ0n) is 16.4. The fourth-order valence-corrected chi connectivity index (χ4v) is 4.28. The number of nitrogens with zero attached hydrogens (tertiary/aromatic N) is 2. The minimum Gasteiger partial charge on any atom is -0.381 e. The number of amides is 1. The molecule has 1 saturated carbocycles. The quantitative estimate of drug-likeness (QED) is 0.827. The molecule has 1 aliphatic heterocycles. The normalized spacial score (nSPS) is 26.0. The molecule has 1 aromatic heterocycles. The van der Waals surface area contributed by atoms with Crippen molar-refractivity contribution in [3.8, 4) is 0 Å². The topological polar surface area (TPSA) is 77.2 Å². The van der Waals surface area contributed by atoms with Crippen LogP contribution in [-0.4, -0.2) is 29.3 Å². The second-order valence-corrected chi connectivity index (χ2v) is 8.48. The van der Waals surface area contributed by atoms with Gasteiger partial charge in [-0.1, -0.05) is 38.8 Å². The molecular formula is C20H33N3O3. The number of ether oxygens (including phenoxy) is 1. The molecule has 2 heterocycles. The van der Waals surface area contributed by atoms with E-state index >= 15 is 0 Å². The molecule has 0 bridgehead atoms. The van der Waals surface area contributed by atoms with E-state index in [4.69, 9.17) is 9.26 Å². The lowest BCUT2D eigenvalue weighted by Crippen LogP contribution is -2.37. The van der Waals surface area contributed by atoms with E-state index in [0.717, 1.165) is 44.8 Å². The summed E-state index contributed by atoms with van der Waals surface area (Å²) in [7, 11) is 0. The van der Waals surface area contributed by atoms with Crippen molar-refractivity contribution in [1.29, 1.82) is 0 Å². The lowest BCUT2D eigenvalue weighted by atomic mass is 9.80. The minimum absolute atomic E-state index is 0.116. The van der Waals surface area contributed by atoms with Gasteiger partial charge >= 0.3 is 0 Å². The Morgan fingerprint density at radius 3 is 2.65 bits per heavy atom. The molecule has 2 fully saturated rings. The van der Waals surface area contributed by atoms with Crippen molar-refractivity contribution in [1.82, 2.24) is 15.5 Å². The van der Waals surface area contributed by atoms with Crippen LogP contribution in [0.2, 0.25) is 0 Å². The summed E-state index contributed by atoms with van der Waals surface area (Å²) < 4.78 is 11.0. The Labute approximate surface area is 156 Å². The molecule has 146 valence electrons. The minimum atomic E-state index is -0.201. The molecule has 0 unspecified atom stereocenters. The molecule has 0 radical (unpaired) electrons. The summed E-state index contributed by atoms with van der Waals surface area (Å²) >= 11 is 0. The van der Waals surface area contributed by atoms with Crippen LogP contribution < -0.4 is 5.32 Å². The zero-order chi connectivity index (χ0) is 18.5. The highest BCUT2D eigenvalue weighted by atomic mass is 16.5. The highest BCUT2D eigenvalue weighted by Gasteiger charge is 2.32. The Balaban J connectivity index is 1.67. The number of rotatable bonds is 6. The van der Waals surface area contributed by atoms with Crippen LogP contribution >= 0.6 is 0 Å². The van der Waals surface area contributed by atoms with E-state index in [-0.39, 0.29) is 17.9 Å². The molecule has 2 aliphatic rings. The number of hydrogen-bond acceptors (Lipinski definition) is 5. The van der Waals surface area contributed by atoms with Crippen molar-refractivity contribution >= 4 is 5.91 Å². The summed E-state index contributed by atoms with van der Waals surface area (Å²) in [5.74, 6) is 3.10. The molecule has 0 aromatic carbocycles. The number of aromatic nitrogens is 2. The van der Waals surface area contributed by atoms with Gasteiger partial charge in [-0.3, -0.25) is 4.79 Å². The first kappa shape index (κ1) is 19.3. The molecule has 1 aromatic rings. The summed E-state index contributed by atoms with van der Waals surface area (Å²) in [5, 5.41) is 7.32. The standard InChI is InChI=1S/C20H33N3O3/c1-13(2)19-22-20(26-23-19)18(16-7-9-25-10-8-16)21-17(24)12-15-6-4-5-14(3)11-15/h13-16,18H,4-12H2,1-3H3,(H,21,24)/t14-,15-,18+/m1/s1. The Hall–Kier alpha value is -1.43. The molecule has 1 saturated heterocycles. The summed E-state index contributed by atoms with van der Waals surface area (Å²) in [4.78, 5) is 17.3. The molecule has 3 rings (SSSR count). The van der Waals surface area contributed by atoms with Gasteiger partial charge in [0.15, 0.2) is 5.82 Å². The predicted molar refractivity (Wildman–Crippen MR) is 98.6 cm³/mol. The molecule has 3 atom stereocenters. The first-order chi connectivity index (χ1) is 12.5. The Bertz CT molecular complexity index is 581. The third-order valence-corrected chi connectivity index (χ3v) is 5.81. The van der Waals surface area contributed by atoms with Crippen LogP contribution in [0.5, 0.6) is 0 Å². The van der Waals surface area contributed by atoms with Crippen molar-refractivity contribution in [3.05, 3.63) is 11.7 Å². The van der Waals surface area contributed by atoms with Crippen LogP contribution in [0.25, 0.3) is 0 Å². The van der Waals surface area contributed by atoms with Gasteiger partial charge in [-0.15, -0.1) is 0 Å². The molecule has 0 spiro atoms. The van der Waals surface area contributed by atoms with Gasteiger partial charge in [0.2, 0.25) is 11.8 Å². The average molecular weight is 364 g/mol. The second-order valence-electron chi connectivity index (χ2n) is 8.48. The Morgan fingerprint density at radius 2 is 2.00 bits per heavy atom. The highest BCUT2D eigenvalue weighted by molar-refractivity contribution is 5.76. The molecule has 6 nitrogen and oxygen atoms in total. The highest BCUT2D eigenvalue weighted by Crippen LogP contribution is 2.33. The van der Waals surface area contributed by atoms with E-state index in [1.807, 2.05) is 13.8 Å². The van der Waals surface area contributed by atoms with Crippen LogP contribution in [0.4, 0.5) is 0 Å². The maximum absolute atomic E-state index is 12.8. The van der Waals surface area contributed by atoms with Crippen molar-refractivity contribution in [2.45, 2.75) is 77.7 Å². The van der Waals surface area contributed by atoms with Crippen LogP contribution in [0, 0.1) is 17.8 Å². The molecule has 6 heteroatoms. The second kappa shape index (κ2) is 8.98. The number of carbonyl (C=O) groups is 1. The van der Waals surface area contributed by atoms with Crippen LogP contribution in [-0.2, 0) is 9.53 Å². The van der Waals surface area contributed by atoms with Gasteiger partial charge in [-0.2, -0.15) is 4.98 Å². The smallest absolute Gasteiger partial charge is 0.249 e. The van der Waals surface area contributed by atoms with Crippen LogP contribution in [0.3, 0.4) is 0 Å². The van der Waals surface area contributed by atoms with E-state index in [9.17, 15) is 4.79 Å². The maximum Gasteiger partial charge on any atom is 0.249 e. The third kappa shape index (κ3) is 5.06. The van der Waals surface area contributed by atoms with E-state index < -0.39 is 0 Å². The third-order valence-electron chi connectivity index (χ3n) is 5.81. The van der Waals surface area contributed by atoms with Gasteiger partial charge in [-0.25, -0.2) is 0 Å². The summed E-state index contributed by atoms with van der Waals surface area (Å²) in [6, 6.07) is -0.201. The Morgan fingerprint density at radius 1 is 1.23 bits per heavy atom. The summed E-state index contributed by atoms with van der Waals surface area (Å²) in [6.45, 7) is 7.83. The van der Waals surface area contributed by atoms with E-state index in [1.54, 1.807) is 0 Å². The van der Waals surface area contributed by atoms with Crippen molar-refractivity contribution in [3.63, 3.8) is 0 Å². The molecule has 1 aliphatic carbocycles. The molecule has 26 heavy (non-hydrogen) atoms. The van der Waals surface area contributed by atoms with Gasteiger partial charge in [0.05, 0.1) is 0 Å². The first-order valence-electron chi connectivity index (χ1n) is 10.2. The van der Waals surface area contributed by atoms with E-state index in [0.29, 0.717) is 30.0 Å². The largest absolute Gasteiger partial charge is 0.381 e. The van der Waals surface area contributed by atoms with Gasteiger partial charge in [0, 0.05) is 25.6 Å². The number of nitrogens with one attached hydrogen (secondary N) is 1. The number of hydrogen-bond donors (Lipinski definition) is 1.